The number of alkyl halides is 3. The van der Waals surface area contributed by atoms with E-state index in [1.54, 1.807) is 0 Å². The molecule has 10 heavy (non-hydrogen) atoms. The quantitative estimate of drug-likeness (QED) is 0.347. The Hall–Kier alpha value is -0.780. The molecule has 0 aliphatic carbocycles. The summed E-state index contributed by atoms with van der Waals surface area (Å²) in [5, 5.41) is 8.04. The van der Waals surface area contributed by atoms with E-state index in [2.05, 4.69) is 11.6 Å². The largest absolute Gasteiger partial charge is 0.417 e. The molecule has 0 atom stereocenters. The van der Waals surface area contributed by atoms with Crippen molar-refractivity contribution in [2.75, 3.05) is 0 Å². The number of allylic oxidation sites excluding steroid dienone is 1. The Morgan fingerprint density at radius 1 is 1.60 bits per heavy atom. The van der Waals surface area contributed by atoms with Gasteiger partial charge in [-0.1, -0.05) is 0 Å². The molecule has 0 aromatic heterocycles. The van der Waals surface area contributed by atoms with Crippen LogP contribution in [0.4, 0.5) is 13.2 Å². The van der Waals surface area contributed by atoms with Gasteiger partial charge in [0.25, 0.3) is 0 Å². The van der Waals surface area contributed by atoms with Crippen LogP contribution in [-0.2, 0) is 0 Å². The summed E-state index contributed by atoms with van der Waals surface area (Å²) in [5.41, 5.74) is 0. The second-order valence-electron chi connectivity index (χ2n) is 1.27. The first-order chi connectivity index (χ1) is 4.33. The Morgan fingerprint density at radius 2 is 2.00 bits per heavy atom. The van der Waals surface area contributed by atoms with Crippen LogP contribution in [0.25, 0.3) is 0 Å². The van der Waals surface area contributed by atoms with Crippen molar-refractivity contribution in [3.8, 4) is 0 Å². The minimum absolute atomic E-state index is 0.589. The normalized spacial score (nSPS) is 13.4. The van der Waals surface area contributed by atoms with E-state index < -0.39 is 22.3 Å². The maximum Gasteiger partial charge on any atom is 0.417 e. The molecular weight excluding hydrogens is 174 g/mol. The minimum atomic E-state index is -4.73. The molecule has 0 unspecified atom stereocenters. The molecule has 0 saturated heterocycles. The lowest BCUT2D eigenvalue weighted by Crippen LogP contribution is -2.05. The van der Waals surface area contributed by atoms with Crippen molar-refractivity contribution in [3.05, 3.63) is 21.3 Å². The monoisotopic (exact) mass is 175 g/mol. The van der Waals surface area contributed by atoms with Crippen molar-refractivity contribution in [1.29, 1.82) is 0 Å². The van der Waals surface area contributed by atoms with Gasteiger partial charge in [0.15, 0.2) is 0 Å². The highest BCUT2D eigenvalue weighted by Gasteiger charge is 2.28. The van der Waals surface area contributed by atoms with Crippen molar-refractivity contribution >= 4 is 11.6 Å². The fourth-order valence-electron chi connectivity index (χ4n) is 0.188. The van der Waals surface area contributed by atoms with Gasteiger partial charge >= 0.3 is 11.3 Å². The van der Waals surface area contributed by atoms with E-state index in [9.17, 15) is 23.3 Å². The van der Waals surface area contributed by atoms with Crippen LogP contribution < -0.4 is 0 Å². The van der Waals surface area contributed by atoms with Gasteiger partial charge in [0.05, 0.1) is 4.92 Å². The molecule has 0 amide bonds. The van der Waals surface area contributed by atoms with Crippen LogP contribution >= 0.6 is 11.6 Å². The van der Waals surface area contributed by atoms with E-state index >= 15 is 0 Å². The van der Waals surface area contributed by atoms with Crippen molar-refractivity contribution in [2.24, 2.45) is 0 Å². The number of nitro groups is 1. The van der Waals surface area contributed by atoms with Gasteiger partial charge in [0.2, 0.25) is 0 Å². The van der Waals surface area contributed by atoms with Gasteiger partial charge in [0.1, 0.15) is 6.08 Å². The van der Waals surface area contributed by atoms with Gasteiger partial charge in [-0.2, -0.15) is 13.2 Å². The van der Waals surface area contributed by atoms with Crippen LogP contribution in [0.5, 0.6) is 0 Å². The molecular formula is C3HClF3NO2. The Kier molecular flexibility index (Phi) is 2.65. The Balaban J connectivity index is 4.32. The molecule has 0 radical (unpaired) electrons. The van der Waals surface area contributed by atoms with Crippen LogP contribution in [0.15, 0.2) is 11.2 Å². The van der Waals surface area contributed by atoms with Crippen LogP contribution in [0, 0.1) is 10.1 Å². The molecule has 0 aromatic rings. The van der Waals surface area contributed by atoms with Crippen LogP contribution in [0.2, 0.25) is 0 Å². The summed E-state index contributed by atoms with van der Waals surface area (Å²) >= 11 is 4.54. The van der Waals surface area contributed by atoms with E-state index in [4.69, 9.17) is 0 Å². The molecule has 0 bridgehead atoms. The van der Waals surface area contributed by atoms with Gasteiger partial charge in [-0.05, 0) is 11.6 Å². The number of rotatable bonds is 1. The average molecular weight is 175 g/mol. The predicted octanol–water partition coefficient (Wildman–Crippen LogP) is 1.91. The molecule has 7 heteroatoms. The highest BCUT2D eigenvalue weighted by atomic mass is 35.5. The first-order valence-electron chi connectivity index (χ1n) is 1.92. The number of nitrogens with zero attached hydrogens (tertiary/aromatic N) is 1. The third-order valence-corrected chi connectivity index (χ3v) is 0.704. The van der Waals surface area contributed by atoms with Gasteiger partial charge < -0.3 is 0 Å². The standard InChI is InChI=1S/C3HClF3NO2/c4-2(8(9)10)1-3(5,6)7/h1H. The van der Waals surface area contributed by atoms with E-state index in [0.717, 1.165) is 0 Å². The van der Waals surface area contributed by atoms with Crippen molar-refractivity contribution in [3.63, 3.8) is 0 Å². The molecule has 0 saturated carbocycles. The molecule has 0 aliphatic heterocycles. The van der Waals surface area contributed by atoms with E-state index in [0.29, 0.717) is 0 Å². The fourth-order valence-corrected chi connectivity index (χ4v) is 0.311. The molecule has 0 heterocycles. The smallest absolute Gasteiger partial charge is 0.257 e. The zero-order chi connectivity index (χ0) is 8.36. The zero-order valence-electron chi connectivity index (χ0n) is 4.35. The average Bonchev–Trinajstić information content (AvgIpc) is 1.60. The second-order valence-corrected chi connectivity index (χ2v) is 1.65. The summed E-state index contributed by atoms with van der Waals surface area (Å²) in [7, 11) is 0. The molecule has 58 valence electrons. The summed E-state index contributed by atoms with van der Waals surface area (Å²) in [6.45, 7) is 0. The second kappa shape index (κ2) is 2.87. The third-order valence-electron chi connectivity index (χ3n) is 0.457. The number of hydrogen-bond acceptors (Lipinski definition) is 2. The van der Waals surface area contributed by atoms with E-state index in [-0.39, 0.29) is 0 Å². The molecule has 0 spiro atoms. The van der Waals surface area contributed by atoms with Gasteiger partial charge in [-0.3, -0.25) is 10.1 Å². The first kappa shape index (κ1) is 9.22. The van der Waals surface area contributed by atoms with Crippen molar-refractivity contribution < 1.29 is 18.1 Å². The van der Waals surface area contributed by atoms with Crippen LogP contribution in [0.1, 0.15) is 0 Å². The third kappa shape index (κ3) is 4.13. The zero-order valence-corrected chi connectivity index (χ0v) is 5.11. The highest BCUT2D eigenvalue weighted by molar-refractivity contribution is 6.28. The molecule has 0 fully saturated rings. The lowest BCUT2D eigenvalue weighted by molar-refractivity contribution is -0.413. The lowest BCUT2D eigenvalue weighted by Gasteiger charge is -1.94. The lowest BCUT2D eigenvalue weighted by atomic mass is 10.6. The van der Waals surface area contributed by atoms with Crippen molar-refractivity contribution in [2.45, 2.75) is 6.18 Å². The predicted molar refractivity (Wildman–Crippen MR) is 27.0 cm³/mol. The van der Waals surface area contributed by atoms with Crippen LogP contribution in [0.3, 0.4) is 0 Å². The van der Waals surface area contributed by atoms with Crippen LogP contribution in [-0.4, -0.2) is 11.1 Å². The number of hydrogen-bond donors (Lipinski definition) is 0. The van der Waals surface area contributed by atoms with Gasteiger partial charge in [-0.25, -0.2) is 0 Å². The fraction of sp³-hybridized carbons (Fsp3) is 0.333. The summed E-state index contributed by atoms with van der Waals surface area (Å²) in [6.07, 6.45) is -5.32. The SMILES string of the molecule is O=[N+]([O-])C(Cl)=CC(F)(F)F. The van der Waals surface area contributed by atoms with Gasteiger partial charge in [0, 0.05) is 0 Å². The maximum absolute atomic E-state index is 11.2. The number of halogens is 4. The molecule has 0 aliphatic rings. The molecule has 3 nitrogen and oxygen atoms in total. The van der Waals surface area contributed by atoms with E-state index in [1.165, 1.54) is 0 Å². The first-order valence-corrected chi connectivity index (χ1v) is 2.30. The molecule has 0 N–H and O–H groups in total. The summed E-state index contributed by atoms with van der Waals surface area (Å²) in [6, 6.07) is 0. The molecule has 0 rings (SSSR count). The summed E-state index contributed by atoms with van der Waals surface area (Å²) in [5.74, 6) is 0. The summed E-state index contributed by atoms with van der Waals surface area (Å²) in [4.78, 5) is 8.16. The maximum atomic E-state index is 11.2. The highest BCUT2D eigenvalue weighted by Crippen LogP contribution is 2.20. The van der Waals surface area contributed by atoms with Gasteiger partial charge in [-0.15, -0.1) is 0 Å². The Labute approximate surface area is 58.2 Å². The topological polar surface area (TPSA) is 43.1 Å². The Morgan fingerprint density at radius 3 is 2.10 bits per heavy atom. The van der Waals surface area contributed by atoms with Crippen molar-refractivity contribution in [1.82, 2.24) is 0 Å². The van der Waals surface area contributed by atoms with E-state index in [1.807, 2.05) is 0 Å². The molecule has 0 aromatic carbocycles. The summed E-state index contributed by atoms with van der Waals surface area (Å²) < 4.78 is 33.6. The minimum Gasteiger partial charge on any atom is -0.257 e. The Bertz CT molecular complexity index is 175.